The van der Waals surface area contributed by atoms with Gasteiger partial charge in [0.05, 0.1) is 6.04 Å². The molecule has 7 nitrogen and oxygen atoms in total. The number of nitrogens with two attached hydrogens (primary N) is 1. The Bertz CT molecular complexity index is 624. The third-order valence-electron chi connectivity index (χ3n) is 7.39. The van der Waals surface area contributed by atoms with Crippen molar-refractivity contribution in [3.63, 3.8) is 0 Å². The molecule has 176 valence electrons. The molecule has 0 aromatic carbocycles. The van der Waals surface area contributed by atoms with E-state index in [1.54, 1.807) is 0 Å². The van der Waals surface area contributed by atoms with Crippen LogP contribution in [0.1, 0.15) is 78.1 Å². The molecule has 0 aromatic rings. The fourth-order valence-corrected chi connectivity index (χ4v) is 5.67. The Morgan fingerprint density at radius 1 is 1.00 bits per heavy atom. The molecule has 1 aliphatic carbocycles. The highest BCUT2D eigenvalue weighted by Gasteiger charge is 2.40. The molecule has 3 rings (SSSR count). The summed E-state index contributed by atoms with van der Waals surface area (Å²) in [6.45, 7) is 6.94. The normalized spacial score (nSPS) is 25.1. The van der Waals surface area contributed by atoms with E-state index >= 15 is 0 Å². The molecule has 31 heavy (non-hydrogen) atoms. The van der Waals surface area contributed by atoms with Crippen LogP contribution >= 0.6 is 0 Å². The summed E-state index contributed by atoms with van der Waals surface area (Å²) in [6, 6.07) is -0.531. The maximum absolute atomic E-state index is 13.7. The first-order chi connectivity index (χ1) is 14.8. The minimum absolute atomic E-state index is 0.0951. The smallest absolute Gasteiger partial charge is 0.245 e. The Hall–Kier alpha value is -1.63. The van der Waals surface area contributed by atoms with Crippen LogP contribution in [0.2, 0.25) is 0 Å². The van der Waals surface area contributed by atoms with Gasteiger partial charge in [-0.05, 0) is 43.4 Å². The Kier molecular flexibility index (Phi) is 8.76. The summed E-state index contributed by atoms with van der Waals surface area (Å²) in [4.78, 5) is 42.1. The van der Waals surface area contributed by atoms with Crippen molar-refractivity contribution in [2.24, 2.45) is 23.5 Å². The first kappa shape index (κ1) is 24.0. The van der Waals surface area contributed by atoms with Gasteiger partial charge in [0, 0.05) is 32.6 Å². The standard InChI is InChI=1S/C24H42N4O3/c1-17(2)14-20-23(30)28(13-10-26-20)21(15-18-6-4-3-5-7-18)24(31)27-11-8-19(9-12-27)16-22(25)29/h17-21,26H,3-16H2,1-2H3,(H2,25,29)/t20-,21?/m0/s1. The summed E-state index contributed by atoms with van der Waals surface area (Å²) >= 11 is 0. The van der Waals surface area contributed by atoms with Crippen LogP contribution in [-0.2, 0) is 14.4 Å². The van der Waals surface area contributed by atoms with Crippen LogP contribution in [0.4, 0.5) is 0 Å². The number of carbonyl (C=O) groups excluding carboxylic acids is 3. The Balaban J connectivity index is 1.70. The molecule has 3 aliphatic rings. The van der Waals surface area contributed by atoms with Gasteiger partial charge in [-0.25, -0.2) is 0 Å². The number of hydrogen-bond acceptors (Lipinski definition) is 4. The quantitative estimate of drug-likeness (QED) is 0.613. The SMILES string of the molecule is CC(C)C[C@@H]1NCCN(C(CC2CCCCC2)C(=O)N2CCC(CC(N)=O)CC2)C1=O. The second-order valence-electron chi connectivity index (χ2n) is 10.4. The van der Waals surface area contributed by atoms with Gasteiger partial charge in [-0.1, -0.05) is 46.0 Å². The number of amides is 3. The molecule has 1 saturated carbocycles. The highest BCUT2D eigenvalue weighted by Crippen LogP contribution is 2.31. The van der Waals surface area contributed by atoms with Gasteiger partial charge in [0.15, 0.2) is 0 Å². The molecule has 2 atom stereocenters. The van der Waals surface area contributed by atoms with Crippen LogP contribution in [0.25, 0.3) is 0 Å². The Morgan fingerprint density at radius 3 is 2.29 bits per heavy atom. The minimum atomic E-state index is -0.347. The monoisotopic (exact) mass is 434 g/mol. The highest BCUT2D eigenvalue weighted by molar-refractivity contribution is 5.90. The Labute approximate surface area is 187 Å². The summed E-state index contributed by atoms with van der Waals surface area (Å²) in [5.41, 5.74) is 5.36. The molecular formula is C24H42N4O3. The van der Waals surface area contributed by atoms with Crippen molar-refractivity contribution < 1.29 is 14.4 Å². The number of likely N-dealkylation sites (tertiary alicyclic amines) is 1. The molecule has 2 aliphatic heterocycles. The van der Waals surface area contributed by atoms with Crippen LogP contribution < -0.4 is 11.1 Å². The van der Waals surface area contributed by atoms with Crippen molar-refractivity contribution in [3.05, 3.63) is 0 Å². The van der Waals surface area contributed by atoms with Gasteiger partial charge >= 0.3 is 0 Å². The van der Waals surface area contributed by atoms with Crippen molar-refractivity contribution in [1.82, 2.24) is 15.1 Å². The fourth-order valence-electron chi connectivity index (χ4n) is 5.67. The summed E-state index contributed by atoms with van der Waals surface area (Å²) in [6.07, 6.45) is 9.71. The molecular weight excluding hydrogens is 392 g/mol. The Morgan fingerprint density at radius 2 is 1.68 bits per heavy atom. The summed E-state index contributed by atoms with van der Waals surface area (Å²) in [5.74, 6) is 1.18. The number of piperidine rings is 1. The third kappa shape index (κ3) is 6.67. The first-order valence-corrected chi connectivity index (χ1v) is 12.5. The number of nitrogens with one attached hydrogen (secondary N) is 1. The molecule has 2 saturated heterocycles. The molecule has 0 radical (unpaired) electrons. The molecule has 1 unspecified atom stereocenters. The summed E-state index contributed by atoms with van der Waals surface area (Å²) < 4.78 is 0. The zero-order chi connectivity index (χ0) is 22.4. The van der Waals surface area contributed by atoms with Gasteiger partial charge in [-0.15, -0.1) is 0 Å². The van der Waals surface area contributed by atoms with Crippen LogP contribution in [-0.4, -0.2) is 65.8 Å². The van der Waals surface area contributed by atoms with E-state index in [-0.39, 0.29) is 35.7 Å². The predicted octanol–water partition coefficient (Wildman–Crippen LogP) is 2.29. The lowest BCUT2D eigenvalue weighted by molar-refractivity contribution is -0.150. The van der Waals surface area contributed by atoms with Gasteiger partial charge in [0.25, 0.3) is 0 Å². The third-order valence-corrected chi connectivity index (χ3v) is 7.39. The second-order valence-corrected chi connectivity index (χ2v) is 10.4. The van der Waals surface area contributed by atoms with Crippen LogP contribution in [0, 0.1) is 17.8 Å². The van der Waals surface area contributed by atoms with Gasteiger partial charge in [0.2, 0.25) is 17.7 Å². The average Bonchev–Trinajstić information content (AvgIpc) is 2.74. The minimum Gasteiger partial charge on any atom is -0.370 e. The summed E-state index contributed by atoms with van der Waals surface area (Å²) in [5, 5.41) is 3.37. The molecule has 0 aromatic heterocycles. The van der Waals surface area contributed by atoms with E-state index < -0.39 is 0 Å². The predicted molar refractivity (Wildman–Crippen MR) is 121 cm³/mol. The number of piperazine rings is 1. The fraction of sp³-hybridized carbons (Fsp3) is 0.875. The number of primary amides is 1. The van der Waals surface area contributed by atoms with E-state index in [1.165, 1.54) is 32.1 Å². The van der Waals surface area contributed by atoms with E-state index in [9.17, 15) is 14.4 Å². The van der Waals surface area contributed by atoms with E-state index in [4.69, 9.17) is 5.73 Å². The molecule has 3 amide bonds. The summed E-state index contributed by atoms with van der Waals surface area (Å²) in [7, 11) is 0. The van der Waals surface area contributed by atoms with E-state index in [0.29, 0.717) is 37.9 Å². The van der Waals surface area contributed by atoms with Crippen LogP contribution in [0.5, 0.6) is 0 Å². The number of rotatable bonds is 8. The largest absolute Gasteiger partial charge is 0.370 e. The van der Waals surface area contributed by atoms with Gasteiger partial charge in [-0.2, -0.15) is 0 Å². The molecule has 2 heterocycles. The highest BCUT2D eigenvalue weighted by atomic mass is 16.2. The van der Waals surface area contributed by atoms with Crippen LogP contribution in [0.15, 0.2) is 0 Å². The van der Waals surface area contributed by atoms with Crippen molar-refractivity contribution in [2.75, 3.05) is 26.2 Å². The molecule has 3 fully saturated rings. The lowest BCUT2D eigenvalue weighted by Crippen LogP contribution is -2.62. The zero-order valence-electron chi connectivity index (χ0n) is 19.5. The number of hydrogen-bond donors (Lipinski definition) is 2. The maximum Gasteiger partial charge on any atom is 0.245 e. The van der Waals surface area contributed by atoms with Gasteiger partial charge in [-0.3, -0.25) is 14.4 Å². The molecule has 7 heteroatoms. The maximum atomic E-state index is 13.7. The first-order valence-electron chi connectivity index (χ1n) is 12.5. The van der Waals surface area contributed by atoms with E-state index in [1.807, 2.05) is 9.80 Å². The molecule has 0 bridgehead atoms. The van der Waals surface area contributed by atoms with Crippen molar-refractivity contribution in [1.29, 1.82) is 0 Å². The molecule has 3 N–H and O–H groups in total. The molecule has 0 spiro atoms. The van der Waals surface area contributed by atoms with Crippen molar-refractivity contribution in [3.8, 4) is 0 Å². The van der Waals surface area contributed by atoms with Crippen molar-refractivity contribution in [2.45, 2.75) is 90.1 Å². The lowest BCUT2D eigenvalue weighted by atomic mass is 9.83. The number of nitrogens with zero attached hydrogens (tertiary/aromatic N) is 2. The topological polar surface area (TPSA) is 95.7 Å². The second kappa shape index (κ2) is 11.3. The van der Waals surface area contributed by atoms with E-state index in [2.05, 4.69) is 19.2 Å². The van der Waals surface area contributed by atoms with E-state index in [0.717, 1.165) is 32.2 Å². The van der Waals surface area contributed by atoms with Gasteiger partial charge in [0.1, 0.15) is 6.04 Å². The zero-order valence-corrected chi connectivity index (χ0v) is 19.5. The van der Waals surface area contributed by atoms with Crippen LogP contribution in [0.3, 0.4) is 0 Å². The van der Waals surface area contributed by atoms with Gasteiger partial charge < -0.3 is 20.9 Å². The lowest BCUT2D eigenvalue weighted by Gasteiger charge is -2.42. The van der Waals surface area contributed by atoms with Crippen molar-refractivity contribution >= 4 is 17.7 Å². The average molecular weight is 435 g/mol. The number of carbonyl (C=O) groups is 3.